The molecule has 1 saturated heterocycles. The van der Waals surface area contributed by atoms with Crippen LogP contribution in [0.2, 0.25) is 0 Å². The molecular weight excluding hydrogens is 272 g/mol. The van der Waals surface area contributed by atoms with Gasteiger partial charge in [-0.25, -0.2) is 8.42 Å². The fourth-order valence-corrected chi connectivity index (χ4v) is 4.42. The Morgan fingerprint density at radius 3 is 2.60 bits per heavy atom. The molecule has 1 aliphatic heterocycles. The Morgan fingerprint density at radius 2 is 2.00 bits per heavy atom. The summed E-state index contributed by atoms with van der Waals surface area (Å²) < 4.78 is 27.2. The van der Waals surface area contributed by atoms with Gasteiger partial charge in [0.05, 0.1) is 4.90 Å². The maximum atomic E-state index is 12.8. The molecule has 1 aromatic rings. The molecule has 0 aromatic heterocycles. The summed E-state index contributed by atoms with van der Waals surface area (Å²) in [5, 5.41) is 3.20. The van der Waals surface area contributed by atoms with Crippen LogP contribution in [0.1, 0.15) is 32.8 Å². The smallest absolute Gasteiger partial charge is 0.243 e. The predicted molar refractivity (Wildman–Crippen MR) is 81.0 cm³/mol. The molecule has 5 heteroatoms. The molecule has 2 rings (SSSR count). The van der Waals surface area contributed by atoms with E-state index < -0.39 is 10.0 Å². The van der Waals surface area contributed by atoms with Crippen molar-refractivity contribution in [1.29, 1.82) is 0 Å². The summed E-state index contributed by atoms with van der Waals surface area (Å²) in [5.41, 5.74) is 0.919. The zero-order valence-electron chi connectivity index (χ0n) is 12.5. The Bertz CT molecular complexity index is 567. The molecule has 4 nitrogen and oxygen atoms in total. The third-order valence-electron chi connectivity index (χ3n) is 3.80. The highest BCUT2D eigenvalue weighted by molar-refractivity contribution is 7.89. The maximum absolute atomic E-state index is 12.8. The fraction of sp³-hybridized carbons (Fsp3) is 0.600. The van der Waals surface area contributed by atoms with E-state index in [0.29, 0.717) is 24.5 Å². The number of sulfonamides is 1. The Balaban J connectivity index is 2.30. The van der Waals surface area contributed by atoms with Gasteiger partial charge in [0.1, 0.15) is 0 Å². The Kier molecular flexibility index (Phi) is 4.52. The van der Waals surface area contributed by atoms with Gasteiger partial charge in [-0.3, -0.25) is 0 Å². The van der Waals surface area contributed by atoms with Crippen molar-refractivity contribution >= 4 is 10.0 Å². The van der Waals surface area contributed by atoms with Crippen LogP contribution in [-0.4, -0.2) is 32.4 Å². The maximum Gasteiger partial charge on any atom is 0.243 e. The van der Waals surface area contributed by atoms with Crippen LogP contribution in [0.5, 0.6) is 0 Å². The molecule has 1 heterocycles. The molecular formula is C15H24N2O2S. The summed E-state index contributed by atoms with van der Waals surface area (Å²) in [5.74, 6) is 0. The molecule has 1 aromatic carbocycles. The van der Waals surface area contributed by atoms with Gasteiger partial charge >= 0.3 is 0 Å². The molecule has 0 bridgehead atoms. The standard InChI is InChI=1S/C15H24N2O2S/c1-4-16-11-13-7-5-6-8-14(13)20(18,19)17-10-9-15(2,3)12-17/h5-8,16H,4,9-12H2,1-3H3. The second kappa shape index (κ2) is 5.84. The minimum Gasteiger partial charge on any atom is -0.313 e. The summed E-state index contributed by atoms with van der Waals surface area (Å²) in [4.78, 5) is 0.443. The first-order valence-corrected chi connectivity index (χ1v) is 8.59. The number of rotatable bonds is 5. The van der Waals surface area contributed by atoms with E-state index in [0.717, 1.165) is 18.5 Å². The van der Waals surface area contributed by atoms with Crippen LogP contribution in [0.15, 0.2) is 29.2 Å². The number of hydrogen-bond donors (Lipinski definition) is 1. The first-order chi connectivity index (χ1) is 9.37. The van der Waals surface area contributed by atoms with E-state index in [-0.39, 0.29) is 5.41 Å². The van der Waals surface area contributed by atoms with Crippen LogP contribution in [0.4, 0.5) is 0 Å². The lowest BCUT2D eigenvalue weighted by Gasteiger charge is -2.21. The molecule has 0 atom stereocenters. The zero-order chi connectivity index (χ0) is 14.8. The summed E-state index contributed by atoms with van der Waals surface area (Å²) in [7, 11) is -3.38. The molecule has 0 unspecified atom stereocenters. The molecule has 0 spiro atoms. The van der Waals surface area contributed by atoms with Crippen LogP contribution < -0.4 is 5.32 Å². The number of nitrogens with one attached hydrogen (secondary N) is 1. The zero-order valence-corrected chi connectivity index (χ0v) is 13.3. The lowest BCUT2D eigenvalue weighted by atomic mass is 9.93. The van der Waals surface area contributed by atoms with E-state index in [9.17, 15) is 8.42 Å². The Labute approximate surface area is 122 Å². The highest BCUT2D eigenvalue weighted by atomic mass is 32.2. The topological polar surface area (TPSA) is 49.4 Å². The third-order valence-corrected chi connectivity index (χ3v) is 5.74. The van der Waals surface area contributed by atoms with Crippen molar-refractivity contribution in [2.75, 3.05) is 19.6 Å². The molecule has 1 fully saturated rings. The van der Waals surface area contributed by atoms with Crippen molar-refractivity contribution in [2.24, 2.45) is 5.41 Å². The Hall–Kier alpha value is -0.910. The molecule has 0 saturated carbocycles. The van der Waals surface area contributed by atoms with Gasteiger partial charge in [0, 0.05) is 19.6 Å². The number of nitrogens with zero attached hydrogens (tertiary/aromatic N) is 1. The molecule has 1 N–H and O–H groups in total. The van der Waals surface area contributed by atoms with E-state index in [4.69, 9.17) is 0 Å². The van der Waals surface area contributed by atoms with Crippen LogP contribution in [0.25, 0.3) is 0 Å². The van der Waals surface area contributed by atoms with Crippen molar-refractivity contribution in [3.05, 3.63) is 29.8 Å². The minimum absolute atomic E-state index is 0.0731. The average Bonchev–Trinajstić information content (AvgIpc) is 2.78. The lowest BCUT2D eigenvalue weighted by molar-refractivity contribution is 0.375. The van der Waals surface area contributed by atoms with Gasteiger partial charge in [0.25, 0.3) is 0 Å². The van der Waals surface area contributed by atoms with E-state index in [1.54, 1.807) is 16.4 Å². The van der Waals surface area contributed by atoms with Crippen molar-refractivity contribution in [2.45, 2.75) is 38.6 Å². The molecule has 0 amide bonds. The van der Waals surface area contributed by atoms with Gasteiger partial charge in [0.2, 0.25) is 10.0 Å². The predicted octanol–water partition coefficient (Wildman–Crippen LogP) is 2.22. The summed E-state index contributed by atoms with van der Waals surface area (Å²) in [6.07, 6.45) is 0.918. The highest BCUT2D eigenvalue weighted by Crippen LogP contribution is 2.33. The molecule has 20 heavy (non-hydrogen) atoms. The second-order valence-corrected chi connectivity index (χ2v) is 8.05. The largest absolute Gasteiger partial charge is 0.313 e. The highest BCUT2D eigenvalue weighted by Gasteiger charge is 2.37. The SMILES string of the molecule is CCNCc1ccccc1S(=O)(=O)N1CCC(C)(C)C1. The van der Waals surface area contributed by atoms with Crippen molar-refractivity contribution in [3.63, 3.8) is 0 Å². The van der Waals surface area contributed by atoms with Crippen molar-refractivity contribution in [3.8, 4) is 0 Å². The van der Waals surface area contributed by atoms with Gasteiger partial charge in [-0.15, -0.1) is 0 Å². The first kappa shape index (κ1) is 15.5. The average molecular weight is 296 g/mol. The van der Waals surface area contributed by atoms with Crippen molar-refractivity contribution in [1.82, 2.24) is 9.62 Å². The van der Waals surface area contributed by atoms with Crippen LogP contribution in [-0.2, 0) is 16.6 Å². The van der Waals surface area contributed by atoms with Crippen molar-refractivity contribution < 1.29 is 8.42 Å². The summed E-state index contributed by atoms with van der Waals surface area (Å²) in [6.45, 7) is 8.88. The molecule has 0 aliphatic carbocycles. The quantitative estimate of drug-likeness (QED) is 0.906. The normalized spacial score (nSPS) is 19.4. The second-order valence-electron chi connectivity index (χ2n) is 6.14. The monoisotopic (exact) mass is 296 g/mol. The first-order valence-electron chi connectivity index (χ1n) is 7.15. The van der Waals surface area contributed by atoms with E-state index >= 15 is 0 Å². The summed E-state index contributed by atoms with van der Waals surface area (Å²) >= 11 is 0. The fourth-order valence-electron chi connectivity index (χ4n) is 2.57. The van der Waals surface area contributed by atoms with E-state index in [2.05, 4.69) is 19.2 Å². The van der Waals surface area contributed by atoms with Crippen LogP contribution in [0.3, 0.4) is 0 Å². The van der Waals surface area contributed by atoms with Crippen LogP contribution in [0, 0.1) is 5.41 Å². The summed E-state index contributed by atoms with van der Waals surface area (Å²) in [6, 6.07) is 7.28. The van der Waals surface area contributed by atoms with Gasteiger partial charge < -0.3 is 5.32 Å². The van der Waals surface area contributed by atoms with Crippen LogP contribution >= 0.6 is 0 Å². The van der Waals surface area contributed by atoms with E-state index in [1.807, 2.05) is 19.1 Å². The number of benzene rings is 1. The van der Waals surface area contributed by atoms with Gasteiger partial charge in [-0.05, 0) is 30.0 Å². The molecule has 112 valence electrons. The molecule has 0 radical (unpaired) electrons. The van der Waals surface area contributed by atoms with Gasteiger partial charge in [0.15, 0.2) is 0 Å². The Morgan fingerprint density at radius 1 is 1.30 bits per heavy atom. The third kappa shape index (κ3) is 3.22. The lowest BCUT2D eigenvalue weighted by Crippen LogP contribution is -2.31. The van der Waals surface area contributed by atoms with Gasteiger partial charge in [-0.1, -0.05) is 39.0 Å². The number of hydrogen-bond acceptors (Lipinski definition) is 3. The van der Waals surface area contributed by atoms with Gasteiger partial charge in [-0.2, -0.15) is 4.31 Å². The van der Waals surface area contributed by atoms with E-state index in [1.165, 1.54) is 0 Å². The minimum atomic E-state index is -3.38. The molecule has 1 aliphatic rings.